The minimum atomic E-state index is -0.847. The summed E-state index contributed by atoms with van der Waals surface area (Å²) < 4.78 is 0. The maximum absolute atomic E-state index is 10.9. The molecule has 0 spiro atoms. The van der Waals surface area contributed by atoms with Crippen LogP contribution in [0.5, 0.6) is 0 Å². The Balaban J connectivity index is 2.18. The van der Waals surface area contributed by atoms with Crippen molar-refractivity contribution >= 4 is 5.97 Å². The summed E-state index contributed by atoms with van der Waals surface area (Å²) in [7, 11) is 0. The third-order valence-corrected chi connectivity index (χ3v) is 3.51. The molecule has 17 heavy (non-hydrogen) atoms. The number of aliphatic carboxylic acids is 1. The maximum Gasteiger partial charge on any atom is 0.312 e. The van der Waals surface area contributed by atoms with Gasteiger partial charge in [0.2, 0.25) is 0 Å². The van der Waals surface area contributed by atoms with Crippen LogP contribution < -0.4 is 0 Å². The fraction of sp³-hybridized carbons (Fsp3) is 0.615. The highest BCUT2D eigenvalue weighted by Gasteiger charge is 2.20. The number of hydrogen-bond donors (Lipinski definition) is 1. The Morgan fingerprint density at radius 2 is 2.06 bits per heavy atom. The van der Waals surface area contributed by atoms with E-state index in [1.165, 1.54) is 19.3 Å². The topological polar surface area (TPSA) is 63.1 Å². The number of carbonyl (C=O) groups is 1. The molecule has 1 aromatic heterocycles. The summed E-state index contributed by atoms with van der Waals surface area (Å²) >= 11 is 0. The molecule has 1 N–H and O–H groups in total. The van der Waals surface area contributed by atoms with Crippen LogP contribution in [0.2, 0.25) is 0 Å². The van der Waals surface area contributed by atoms with Crippen molar-refractivity contribution in [1.29, 1.82) is 0 Å². The van der Waals surface area contributed by atoms with Gasteiger partial charge in [-0.05, 0) is 19.8 Å². The highest BCUT2D eigenvalue weighted by Crippen LogP contribution is 2.31. The Bertz CT molecular complexity index is 400. The van der Waals surface area contributed by atoms with Crippen molar-refractivity contribution < 1.29 is 9.90 Å². The van der Waals surface area contributed by atoms with Crippen LogP contribution in [-0.2, 0) is 4.79 Å². The van der Waals surface area contributed by atoms with Crippen molar-refractivity contribution in [1.82, 2.24) is 9.97 Å². The first kappa shape index (κ1) is 12.0. The first-order valence-electron chi connectivity index (χ1n) is 6.23. The van der Waals surface area contributed by atoms with Crippen LogP contribution in [-0.4, -0.2) is 21.0 Å². The van der Waals surface area contributed by atoms with E-state index in [1.807, 2.05) is 0 Å². The molecule has 92 valence electrons. The second-order valence-electron chi connectivity index (χ2n) is 4.76. The van der Waals surface area contributed by atoms with Gasteiger partial charge in [-0.2, -0.15) is 0 Å². The van der Waals surface area contributed by atoms with E-state index in [9.17, 15) is 4.79 Å². The fourth-order valence-electron chi connectivity index (χ4n) is 2.33. The smallest absolute Gasteiger partial charge is 0.312 e. The van der Waals surface area contributed by atoms with E-state index in [2.05, 4.69) is 9.97 Å². The molecule has 2 rings (SSSR count). The second kappa shape index (κ2) is 5.25. The van der Waals surface area contributed by atoms with Gasteiger partial charge in [0.05, 0.1) is 17.3 Å². The van der Waals surface area contributed by atoms with Gasteiger partial charge in [-0.1, -0.05) is 19.3 Å². The van der Waals surface area contributed by atoms with E-state index >= 15 is 0 Å². The standard InChI is InChI=1S/C13H18N2O2/c1-9(13(16)17)11-7-14-8-12(15-11)10-5-3-2-4-6-10/h7-10H,2-6H2,1H3,(H,16,17). The average molecular weight is 234 g/mol. The lowest BCUT2D eigenvalue weighted by molar-refractivity contribution is -0.138. The molecular weight excluding hydrogens is 216 g/mol. The van der Waals surface area contributed by atoms with Gasteiger partial charge in [-0.3, -0.25) is 14.8 Å². The SMILES string of the molecule is CC(C(=O)O)c1cncc(C2CCCCC2)n1. The van der Waals surface area contributed by atoms with Crippen molar-refractivity contribution in [3.05, 3.63) is 23.8 Å². The van der Waals surface area contributed by atoms with Crippen molar-refractivity contribution in [3.63, 3.8) is 0 Å². The largest absolute Gasteiger partial charge is 0.481 e. The zero-order valence-electron chi connectivity index (χ0n) is 10.1. The Morgan fingerprint density at radius 3 is 2.71 bits per heavy atom. The lowest BCUT2D eigenvalue weighted by atomic mass is 9.87. The molecule has 1 aliphatic carbocycles. The normalized spacial score (nSPS) is 18.9. The lowest BCUT2D eigenvalue weighted by Gasteiger charge is -2.21. The summed E-state index contributed by atoms with van der Waals surface area (Å²) in [6.45, 7) is 1.65. The predicted molar refractivity (Wildman–Crippen MR) is 63.9 cm³/mol. The summed E-state index contributed by atoms with van der Waals surface area (Å²) in [6, 6.07) is 0. The highest BCUT2D eigenvalue weighted by atomic mass is 16.4. The Hall–Kier alpha value is -1.45. The number of rotatable bonds is 3. The van der Waals surface area contributed by atoms with Crippen LogP contribution in [0.25, 0.3) is 0 Å². The molecule has 0 saturated heterocycles. The van der Waals surface area contributed by atoms with E-state index in [4.69, 9.17) is 5.11 Å². The zero-order chi connectivity index (χ0) is 12.3. The number of hydrogen-bond acceptors (Lipinski definition) is 3. The summed E-state index contributed by atoms with van der Waals surface area (Å²) in [6.07, 6.45) is 9.43. The van der Waals surface area contributed by atoms with E-state index in [0.29, 0.717) is 11.6 Å². The molecule has 0 bridgehead atoms. The molecule has 1 fully saturated rings. The van der Waals surface area contributed by atoms with Gasteiger partial charge in [0.1, 0.15) is 0 Å². The number of aromatic nitrogens is 2. The third kappa shape index (κ3) is 2.81. The summed E-state index contributed by atoms with van der Waals surface area (Å²) in [5.74, 6) is -0.955. The van der Waals surface area contributed by atoms with Gasteiger partial charge in [0, 0.05) is 18.3 Å². The first-order chi connectivity index (χ1) is 8.18. The summed E-state index contributed by atoms with van der Waals surface area (Å²) in [5, 5.41) is 8.97. The molecule has 1 aromatic rings. The molecule has 4 heteroatoms. The van der Waals surface area contributed by atoms with Gasteiger partial charge in [0.25, 0.3) is 0 Å². The molecule has 0 aromatic carbocycles. The predicted octanol–water partition coefficient (Wildman–Crippen LogP) is 2.71. The van der Waals surface area contributed by atoms with Gasteiger partial charge in [0.15, 0.2) is 0 Å². The second-order valence-corrected chi connectivity index (χ2v) is 4.76. The molecule has 1 heterocycles. The van der Waals surface area contributed by atoms with Gasteiger partial charge < -0.3 is 5.11 Å². The van der Waals surface area contributed by atoms with Crippen molar-refractivity contribution in [3.8, 4) is 0 Å². The maximum atomic E-state index is 10.9. The molecule has 0 amide bonds. The minimum Gasteiger partial charge on any atom is -0.481 e. The molecule has 1 aliphatic rings. The van der Waals surface area contributed by atoms with Crippen LogP contribution in [0.15, 0.2) is 12.4 Å². The molecule has 1 unspecified atom stereocenters. The van der Waals surface area contributed by atoms with Crippen LogP contribution in [0.1, 0.15) is 62.3 Å². The lowest BCUT2D eigenvalue weighted by Crippen LogP contribution is -2.13. The van der Waals surface area contributed by atoms with Crippen molar-refractivity contribution in [2.75, 3.05) is 0 Å². The van der Waals surface area contributed by atoms with Crippen molar-refractivity contribution in [2.45, 2.75) is 50.9 Å². The molecular formula is C13H18N2O2. The summed E-state index contributed by atoms with van der Waals surface area (Å²) in [5.41, 5.74) is 1.54. The van der Waals surface area contributed by atoms with Gasteiger partial charge >= 0.3 is 5.97 Å². The van der Waals surface area contributed by atoms with Crippen LogP contribution in [0, 0.1) is 0 Å². The quantitative estimate of drug-likeness (QED) is 0.873. The van der Waals surface area contributed by atoms with E-state index in [-0.39, 0.29) is 0 Å². The molecule has 4 nitrogen and oxygen atoms in total. The van der Waals surface area contributed by atoms with E-state index < -0.39 is 11.9 Å². The molecule has 0 radical (unpaired) electrons. The van der Waals surface area contributed by atoms with Crippen LogP contribution in [0.4, 0.5) is 0 Å². The number of nitrogens with zero attached hydrogens (tertiary/aromatic N) is 2. The Kier molecular flexibility index (Phi) is 3.71. The van der Waals surface area contributed by atoms with Crippen molar-refractivity contribution in [2.24, 2.45) is 0 Å². The fourth-order valence-corrected chi connectivity index (χ4v) is 2.33. The molecule has 0 aliphatic heterocycles. The summed E-state index contributed by atoms with van der Waals surface area (Å²) in [4.78, 5) is 19.5. The van der Waals surface area contributed by atoms with Crippen LogP contribution >= 0.6 is 0 Å². The minimum absolute atomic E-state index is 0.470. The van der Waals surface area contributed by atoms with E-state index in [1.54, 1.807) is 19.3 Å². The highest BCUT2D eigenvalue weighted by molar-refractivity contribution is 5.74. The Labute approximate surface area is 101 Å². The third-order valence-electron chi connectivity index (χ3n) is 3.51. The number of carboxylic acid groups (broad SMARTS) is 1. The Morgan fingerprint density at radius 1 is 1.35 bits per heavy atom. The monoisotopic (exact) mass is 234 g/mol. The molecule has 1 atom stereocenters. The first-order valence-corrected chi connectivity index (χ1v) is 6.23. The number of carboxylic acids is 1. The average Bonchev–Trinajstić information content (AvgIpc) is 2.39. The zero-order valence-corrected chi connectivity index (χ0v) is 10.1. The van der Waals surface area contributed by atoms with Gasteiger partial charge in [-0.25, -0.2) is 0 Å². The van der Waals surface area contributed by atoms with E-state index in [0.717, 1.165) is 18.5 Å². The van der Waals surface area contributed by atoms with Gasteiger partial charge in [-0.15, -0.1) is 0 Å². The van der Waals surface area contributed by atoms with Crippen LogP contribution in [0.3, 0.4) is 0 Å². The molecule has 1 saturated carbocycles.